The first-order chi connectivity index (χ1) is 14.6. The van der Waals surface area contributed by atoms with Crippen molar-refractivity contribution in [1.82, 2.24) is 15.0 Å². The topological polar surface area (TPSA) is 76.3 Å². The molecule has 0 bridgehead atoms. The van der Waals surface area contributed by atoms with Gasteiger partial charge in [-0.1, -0.05) is 72.3 Å². The highest BCUT2D eigenvalue weighted by Crippen LogP contribution is 2.14. The maximum atomic E-state index is 12.6. The number of halogens is 1. The Hall–Kier alpha value is -3.77. The van der Waals surface area contributed by atoms with Crippen molar-refractivity contribution < 1.29 is 4.79 Å². The van der Waals surface area contributed by atoms with Crippen LogP contribution in [0.2, 0.25) is 5.02 Å². The SMILES string of the molecule is O=C(Cn1cnc2ccc(Cl)cc2c1=O)NN=C(c1ccccc1)c1ccccc1. The lowest BCUT2D eigenvalue weighted by atomic mass is 10.0. The van der Waals surface area contributed by atoms with E-state index in [1.165, 1.54) is 10.9 Å². The van der Waals surface area contributed by atoms with E-state index < -0.39 is 5.91 Å². The van der Waals surface area contributed by atoms with Gasteiger partial charge in [-0.05, 0) is 18.2 Å². The van der Waals surface area contributed by atoms with E-state index >= 15 is 0 Å². The third-order valence-electron chi connectivity index (χ3n) is 4.49. The molecular weight excluding hydrogens is 400 g/mol. The second-order valence-electron chi connectivity index (χ2n) is 6.57. The predicted octanol–water partition coefficient (Wildman–Crippen LogP) is 3.62. The van der Waals surface area contributed by atoms with E-state index in [-0.39, 0.29) is 12.1 Å². The molecule has 0 aliphatic heterocycles. The molecule has 1 N–H and O–H groups in total. The molecule has 0 atom stereocenters. The first-order valence-corrected chi connectivity index (χ1v) is 9.62. The van der Waals surface area contributed by atoms with Gasteiger partial charge >= 0.3 is 0 Å². The largest absolute Gasteiger partial charge is 0.289 e. The monoisotopic (exact) mass is 416 g/mol. The molecule has 0 saturated heterocycles. The van der Waals surface area contributed by atoms with Gasteiger partial charge in [0, 0.05) is 16.1 Å². The minimum absolute atomic E-state index is 0.214. The molecule has 0 saturated carbocycles. The van der Waals surface area contributed by atoms with Crippen molar-refractivity contribution in [1.29, 1.82) is 0 Å². The second-order valence-corrected chi connectivity index (χ2v) is 7.00. The summed E-state index contributed by atoms with van der Waals surface area (Å²) < 4.78 is 1.23. The van der Waals surface area contributed by atoms with Crippen LogP contribution in [0, 0.1) is 0 Å². The first-order valence-electron chi connectivity index (χ1n) is 9.24. The molecule has 0 unspecified atom stereocenters. The number of aromatic nitrogens is 2. The van der Waals surface area contributed by atoms with Crippen LogP contribution >= 0.6 is 11.6 Å². The number of hydrogen-bond acceptors (Lipinski definition) is 4. The highest BCUT2D eigenvalue weighted by atomic mass is 35.5. The predicted molar refractivity (Wildman–Crippen MR) is 118 cm³/mol. The fourth-order valence-electron chi connectivity index (χ4n) is 3.04. The van der Waals surface area contributed by atoms with Gasteiger partial charge in [-0.3, -0.25) is 14.2 Å². The van der Waals surface area contributed by atoms with E-state index in [1.54, 1.807) is 18.2 Å². The van der Waals surface area contributed by atoms with Gasteiger partial charge in [0.05, 0.1) is 22.9 Å². The fourth-order valence-corrected chi connectivity index (χ4v) is 3.21. The standard InChI is InChI=1S/C23H17ClN4O2/c24-18-11-12-20-19(13-18)23(30)28(15-25-20)14-21(29)26-27-22(16-7-3-1-4-8-16)17-9-5-2-6-10-17/h1-13,15H,14H2,(H,26,29). The molecule has 0 aliphatic rings. The van der Waals surface area contributed by atoms with Crippen molar-refractivity contribution in [2.24, 2.45) is 5.10 Å². The highest BCUT2D eigenvalue weighted by Gasteiger charge is 2.10. The quantitative estimate of drug-likeness (QED) is 0.399. The zero-order valence-electron chi connectivity index (χ0n) is 15.8. The average Bonchev–Trinajstić information content (AvgIpc) is 2.78. The molecule has 1 amide bonds. The first kappa shape index (κ1) is 19.5. The Labute approximate surface area is 177 Å². The number of nitrogens with one attached hydrogen (secondary N) is 1. The van der Waals surface area contributed by atoms with Gasteiger partial charge in [0.2, 0.25) is 0 Å². The van der Waals surface area contributed by atoms with Crippen LogP contribution in [0.3, 0.4) is 0 Å². The lowest BCUT2D eigenvalue weighted by Gasteiger charge is -2.09. The molecule has 3 aromatic carbocycles. The Morgan fingerprint density at radius 2 is 1.60 bits per heavy atom. The molecule has 30 heavy (non-hydrogen) atoms. The fraction of sp³-hybridized carbons (Fsp3) is 0.0435. The Morgan fingerprint density at radius 3 is 2.23 bits per heavy atom. The van der Waals surface area contributed by atoms with Crippen LogP contribution in [-0.4, -0.2) is 21.2 Å². The number of fused-ring (bicyclic) bond motifs is 1. The average molecular weight is 417 g/mol. The lowest BCUT2D eigenvalue weighted by Crippen LogP contribution is -2.30. The maximum absolute atomic E-state index is 12.6. The highest BCUT2D eigenvalue weighted by molar-refractivity contribution is 6.31. The Kier molecular flexibility index (Phi) is 5.68. The van der Waals surface area contributed by atoms with Gasteiger partial charge in [-0.2, -0.15) is 5.10 Å². The number of hydrazone groups is 1. The van der Waals surface area contributed by atoms with Crippen LogP contribution in [0.1, 0.15) is 11.1 Å². The Morgan fingerprint density at radius 1 is 0.967 bits per heavy atom. The molecule has 1 heterocycles. The van der Waals surface area contributed by atoms with Crippen molar-refractivity contribution >= 4 is 34.1 Å². The number of benzene rings is 3. The smallest absolute Gasteiger partial charge is 0.261 e. The molecule has 0 aliphatic carbocycles. The summed E-state index contributed by atoms with van der Waals surface area (Å²) in [5, 5.41) is 5.12. The Balaban J connectivity index is 1.60. The number of nitrogens with zero attached hydrogens (tertiary/aromatic N) is 3. The molecule has 7 heteroatoms. The molecule has 0 radical (unpaired) electrons. The van der Waals surface area contributed by atoms with E-state index in [0.717, 1.165) is 11.1 Å². The van der Waals surface area contributed by atoms with Crippen LogP contribution in [-0.2, 0) is 11.3 Å². The summed E-state index contributed by atoms with van der Waals surface area (Å²) in [4.78, 5) is 29.4. The van der Waals surface area contributed by atoms with Crippen molar-refractivity contribution in [2.45, 2.75) is 6.54 Å². The molecule has 6 nitrogen and oxygen atoms in total. The molecule has 1 aromatic heterocycles. The van der Waals surface area contributed by atoms with Crippen LogP contribution < -0.4 is 11.0 Å². The van der Waals surface area contributed by atoms with E-state index in [4.69, 9.17) is 11.6 Å². The van der Waals surface area contributed by atoms with Gasteiger partial charge in [0.15, 0.2) is 0 Å². The third kappa shape index (κ3) is 4.29. The summed E-state index contributed by atoms with van der Waals surface area (Å²) in [5.74, 6) is -0.440. The second kappa shape index (κ2) is 8.71. The number of hydrogen-bond donors (Lipinski definition) is 1. The molecule has 4 rings (SSSR count). The number of amides is 1. The van der Waals surface area contributed by atoms with Crippen LogP contribution in [0.25, 0.3) is 10.9 Å². The van der Waals surface area contributed by atoms with Gasteiger partial charge in [0.25, 0.3) is 11.5 Å². The maximum Gasteiger partial charge on any atom is 0.261 e. The van der Waals surface area contributed by atoms with Gasteiger partial charge < -0.3 is 0 Å². The number of rotatable bonds is 5. The summed E-state index contributed by atoms with van der Waals surface area (Å²) in [6, 6.07) is 24.0. The lowest BCUT2D eigenvalue weighted by molar-refractivity contribution is -0.121. The van der Waals surface area contributed by atoms with Crippen molar-refractivity contribution in [2.75, 3.05) is 0 Å². The number of carbonyl (C=O) groups is 1. The summed E-state index contributed by atoms with van der Waals surface area (Å²) in [6.07, 6.45) is 1.34. The van der Waals surface area contributed by atoms with E-state index in [1.807, 2.05) is 60.7 Å². The van der Waals surface area contributed by atoms with Crippen LogP contribution in [0.4, 0.5) is 0 Å². The minimum Gasteiger partial charge on any atom is -0.289 e. The van der Waals surface area contributed by atoms with Crippen LogP contribution in [0.15, 0.2) is 95.1 Å². The van der Waals surface area contributed by atoms with Crippen molar-refractivity contribution in [3.63, 3.8) is 0 Å². The summed E-state index contributed by atoms with van der Waals surface area (Å²) in [7, 11) is 0. The van der Waals surface area contributed by atoms with Gasteiger partial charge in [-0.15, -0.1) is 0 Å². The van der Waals surface area contributed by atoms with Crippen LogP contribution in [0.5, 0.6) is 0 Å². The third-order valence-corrected chi connectivity index (χ3v) is 4.72. The molecule has 4 aromatic rings. The van der Waals surface area contributed by atoms with Crippen molar-refractivity contribution in [3.8, 4) is 0 Å². The molecule has 0 spiro atoms. The van der Waals surface area contributed by atoms with E-state index in [9.17, 15) is 9.59 Å². The van der Waals surface area contributed by atoms with Gasteiger partial charge in [0.1, 0.15) is 6.54 Å². The summed E-state index contributed by atoms with van der Waals surface area (Å²) in [6.45, 7) is -0.214. The van der Waals surface area contributed by atoms with Gasteiger partial charge in [-0.25, -0.2) is 10.4 Å². The summed E-state index contributed by atoms with van der Waals surface area (Å²) in [5.41, 5.74) is 5.09. The summed E-state index contributed by atoms with van der Waals surface area (Å²) >= 11 is 5.98. The van der Waals surface area contributed by atoms with E-state index in [0.29, 0.717) is 21.6 Å². The molecule has 0 fully saturated rings. The number of carbonyl (C=O) groups excluding carboxylic acids is 1. The Bertz CT molecular complexity index is 1240. The zero-order valence-corrected chi connectivity index (χ0v) is 16.6. The molecule has 148 valence electrons. The van der Waals surface area contributed by atoms with Crippen molar-refractivity contribution in [3.05, 3.63) is 112 Å². The zero-order chi connectivity index (χ0) is 20.9. The normalized spacial score (nSPS) is 10.6. The minimum atomic E-state index is -0.440. The molecular formula is C23H17ClN4O2. The van der Waals surface area contributed by atoms with E-state index in [2.05, 4.69) is 15.5 Å².